The van der Waals surface area contributed by atoms with Gasteiger partial charge in [0.25, 0.3) is 0 Å². The molecule has 5 heteroatoms. The Morgan fingerprint density at radius 1 is 0.857 bits per heavy atom. The van der Waals surface area contributed by atoms with Crippen molar-refractivity contribution in [2.75, 3.05) is 19.8 Å². The van der Waals surface area contributed by atoms with E-state index < -0.39 is 8.80 Å². The van der Waals surface area contributed by atoms with E-state index in [1.807, 2.05) is 20.8 Å². The van der Waals surface area contributed by atoms with Gasteiger partial charge >= 0.3 is 38.4 Å². The van der Waals surface area contributed by atoms with Crippen molar-refractivity contribution >= 4 is 8.80 Å². The second-order valence-electron chi connectivity index (χ2n) is 2.73. The Balaban J connectivity index is -0.000000720. The summed E-state index contributed by atoms with van der Waals surface area (Å²) in [5, 5.41) is 0. The molecule has 0 unspecified atom stereocenters. The fourth-order valence-corrected chi connectivity index (χ4v) is 3.92. The van der Waals surface area contributed by atoms with Crippen molar-refractivity contribution in [3.63, 3.8) is 0 Å². The third-order valence-electron chi connectivity index (χ3n) is 1.65. The van der Waals surface area contributed by atoms with Crippen molar-refractivity contribution in [1.82, 2.24) is 0 Å². The molecule has 0 aliphatic heterocycles. The Labute approximate surface area is 113 Å². The summed E-state index contributed by atoms with van der Waals surface area (Å²) < 4.78 is 16.9. The number of hydrogen-bond donors (Lipinski definition) is 0. The molecule has 0 N–H and O–H groups in total. The van der Waals surface area contributed by atoms with Crippen molar-refractivity contribution < 1.29 is 44.3 Å². The van der Waals surface area contributed by atoms with Crippen LogP contribution in [0.3, 0.4) is 0 Å². The van der Waals surface area contributed by atoms with E-state index in [1.165, 1.54) is 0 Å². The number of hydrogen-bond acceptors (Lipinski definition) is 3. The van der Waals surface area contributed by atoms with Crippen LogP contribution >= 0.6 is 0 Å². The third kappa shape index (κ3) is 6.56. The van der Waals surface area contributed by atoms with Crippen molar-refractivity contribution in [2.24, 2.45) is 0 Å². The third-order valence-corrected chi connectivity index (χ3v) is 4.95. The largest absolute Gasteiger partial charge is 1.00 e. The van der Waals surface area contributed by atoms with Crippen LogP contribution in [0.2, 0.25) is 6.04 Å². The molecule has 0 spiro atoms. The van der Waals surface area contributed by atoms with Gasteiger partial charge in [0.15, 0.2) is 0 Å². The average molecular weight is 230 g/mol. The van der Waals surface area contributed by atoms with Gasteiger partial charge in [0.1, 0.15) is 0 Å². The van der Waals surface area contributed by atoms with E-state index in [2.05, 4.69) is 6.92 Å². The van der Waals surface area contributed by atoms with Gasteiger partial charge < -0.3 is 14.7 Å². The Morgan fingerprint density at radius 2 is 1.21 bits per heavy atom. The summed E-state index contributed by atoms with van der Waals surface area (Å²) in [5.74, 6) is 0. The first-order chi connectivity index (χ1) is 6.24. The molecule has 0 saturated carbocycles. The topological polar surface area (TPSA) is 27.7 Å². The fraction of sp³-hybridized carbons (Fsp3) is 1.00. The van der Waals surface area contributed by atoms with Crippen LogP contribution in [0.5, 0.6) is 0 Å². The molecule has 0 saturated heterocycles. The molecule has 0 aromatic rings. The smallest absolute Gasteiger partial charge is 1.00 e. The first-order valence-electron chi connectivity index (χ1n) is 5.16. The Hall–Kier alpha value is 1.10. The Kier molecular flexibility index (Phi) is 13.3. The van der Waals surface area contributed by atoms with Gasteiger partial charge in [-0.1, -0.05) is 13.3 Å². The summed E-state index contributed by atoms with van der Waals surface area (Å²) in [6.45, 7) is 10.1. The normalized spacial score (nSPS) is 11.1. The molecule has 0 amide bonds. The van der Waals surface area contributed by atoms with E-state index in [4.69, 9.17) is 13.3 Å². The molecule has 0 bridgehead atoms. The maximum Gasteiger partial charge on any atom is 1.00 e. The SMILES string of the molecule is CCC[Si](OCC)(OCC)OCC.[H-].[Na+]. The standard InChI is InChI=1S/C9H22O3Si.Na.H/c1-5-9-13(10-6-2,11-7-3)12-8-4;;/h5-9H2,1-4H3;;/q;+1;-1. The van der Waals surface area contributed by atoms with Gasteiger partial charge in [-0.3, -0.25) is 0 Å². The van der Waals surface area contributed by atoms with Crippen LogP contribution in [-0.4, -0.2) is 28.6 Å². The van der Waals surface area contributed by atoms with E-state index in [0.717, 1.165) is 12.5 Å². The Morgan fingerprint density at radius 3 is 1.43 bits per heavy atom. The van der Waals surface area contributed by atoms with Gasteiger partial charge in [0.2, 0.25) is 0 Å². The van der Waals surface area contributed by atoms with Gasteiger partial charge in [-0.25, -0.2) is 0 Å². The minimum atomic E-state index is -2.30. The van der Waals surface area contributed by atoms with Crippen LogP contribution in [0.4, 0.5) is 0 Å². The minimum Gasteiger partial charge on any atom is -1.00 e. The predicted molar refractivity (Wildman–Crippen MR) is 56.8 cm³/mol. The molecule has 0 rings (SSSR count). The van der Waals surface area contributed by atoms with E-state index in [1.54, 1.807) is 0 Å². The molecule has 0 aromatic carbocycles. The average Bonchev–Trinajstić information content (AvgIpc) is 2.06. The van der Waals surface area contributed by atoms with Gasteiger partial charge in [0, 0.05) is 25.9 Å². The minimum absolute atomic E-state index is 0. The number of rotatable bonds is 8. The van der Waals surface area contributed by atoms with Gasteiger partial charge in [-0.2, -0.15) is 0 Å². The van der Waals surface area contributed by atoms with Crippen molar-refractivity contribution in [3.8, 4) is 0 Å². The first-order valence-corrected chi connectivity index (χ1v) is 7.09. The van der Waals surface area contributed by atoms with Crippen LogP contribution in [0.25, 0.3) is 0 Å². The molecular weight excluding hydrogens is 207 g/mol. The zero-order chi connectivity index (χ0) is 10.2. The summed E-state index contributed by atoms with van der Waals surface area (Å²) in [5.41, 5.74) is 0. The molecule has 0 heterocycles. The molecule has 0 atom stereocenters. The Bertz CT molecular complexity index is 100. The van der Waals surface area contributed by atoms with Crippen LogP contribution in [0, 0.1) is 0 Å². The van der Waals surface area contributed by atoms with E-state index in [-0.39, 0.29) is 31.0 Å². The summed E-state index contributed by atoms with van der Waals surface area (Å²) in [4.78, 5) is 0. The second-order valence-corrected chi connectivity index (χ2v) is 5.46. The quantitative estimate of drug-likeness (QED) is 0.529. The van der Waals surface area contributed by atoms with Crippen molar-refractivity contribution in [1.29, 1.82) is 0 Å². The van der Waals surface area contributed by atoms with Gasteiger partial charge in [-0.15, -0.1) is 0 Å². The van der Waals surface area contributed by atoms with E-state index >= 15 is 0 Å². The van der Waals surface area contributed by atoms with Gasteiger partial charge in [-0.05, 0) is 20.8 Å². The van der Waals surface area contributed by atoms with Crippen molar-refractivity contribution in [3.05, 3.63) is 0 Å². The molecule has 0 radical (unpaired) electrons. The molecule has 82 valence electrons. The summed E-state index contributed by atoms with van der Waals surface area (Å²) in [6, 6.07) is 0.919. The van der Waals surface area contributed by atoms with Crippen LogP contribution in [-0.2, 0) is 13.3 Å². The van der Waals surface area contributed by atoms with E-state index in [9.17, 15) is 0 Å². The van der Waals surface area contributed by atoms with Crippen LogP contribution in [0.1, 0.15) is 35.5 Å². The van der Waals surface area contributed by atoms with Crippen molar-refractivity contribution in [2.45, 2.75) is 40.2 Å². The zero-order valence-corrected chi connectivity index (χ0v) is 13.3. The van der Waals surface area contributed by atoms with Gasteiger partial charge in [0.05, 0.1) is 0 Å². The second kappa shape index (κ2) is 10.6. The van der Waals surface area contributed by atoms with Crippen LogP contribution in [0.15, 0.2) is 0 Å². The maximum absolute atomic E-state index is 5.65. The summed E-state index contributed by atoms with van der Waals surface area (Å²) in [6.07, 6.45) is 1.05. The molecule has 0 aromatic heterocycles. The molecule has 14 heavy (non-hydrogen) atoms. The molecule has 0 fully saturated rings. The summed E-state index contributed by atoms with van der Waals surface area (Å²) in [7, 11) is -2.30. The van der Waals surface area contributed by atoms with E-state index in [0.29, 0.717) is 19.8 Å². The fourth-order valence-electron chi connectivity index (χ4n) is 1.31. The molecule has 0 aliphatic rings. The predicted octanol–water partition coefficient (Wildman–Crippen LogP) is -0.439. The maximum atomic E-state index is 5.65. The molecular formula is C9H23NaO3Si. The monoisotopic (exact) mass is 230 g/mol. The first kappa shape index (κ1) is 17.5. The zero-order valence-electron chi connectivity index (χ0n) is 11.3. The summed E-state index contributed by atoms with van der Waals surface area (Å²) >= 11 is 0. The van der Waals surface area contributed by atoms with Crippen LogP contribution < -0.4 is 29.6 Å². The molecule has 3 nitrogen and oxygen atoms in total. The molecule has 0 aliphatic carbocycles.